The Morgan fingerprint density at radius 1 is 1.26 bits per heavy atom. The smallest absolute Gasteiger partial charge is 0.408 e. The van der Waals surface area contributed by atoms with E-state index >= 15 is 0 Å². The Hall–Kier alpha value is -2.42. The number of nitrogens with one attached hydrogen (secondary N) is 2. The quantitative estimate of drug-likeness (QED) is 0.364. The van der Waals surface area contributed by atoms with Gasteiger partial charge in [-0.05, 0) is 88.6 Å². The molecule has 1 aliphatic carbocycles. The Labute approximate surface area is 213 Å². The lowest BCUT2D eigenvalue weighted by atomic mass is 9.99. The predicted octanol–water partition coefficient (Wildman–Crippen LogP) is 4.30. The number of phenolic OH excluding ortho intramolecular Hbond substituents is 1. The number of hydrogen-bond donors (Lipinski definition) is 3. The van der Waals surface area contributed by atoms with Crippen LogP contribution in [-0.2, 0) is 14.3 Å². The van der Waals surface area contributed by atoms with Crippen LogP contribution in [0.5, 0.6) is 5.75 Å². The fraction of sp³-hybridized carbons (Fsp3) is 0.654. The monoisotopic (exact) mass is 507 g/mol. The number of benzene rings is 1. The third-order valence-electron chi connectivity index (χ3n) is 5.69. The SMILES string of the molecule is CCCCNC(=O)C(c1ccc(O)c(C)c1)N(C(=O)C(CCSC)NC(=O)OC(C)(C)C)C1CC1. The van der Waals surface area contributed by atoms with Crippen molar-refractivity contribution in [2.75, 3.05) is 18.6 Å². The molecule has 1 aliphatic rings. The van der Waals surface area contributed by atoms with Gasteiger partial charge in [-0.25, -0.2) is 4.79 Å². The first-order chi connectivity index (χ1) is 16.5. The summed E-state index contributed by atoms with van der Waals surface area (Å²) in [4.78, 5) is 41.6. The number of thioether (sulfide) groups is 1. The van der Waals surface area contributed by atoms with Crippen LogP contribution in [0.25, 0.3) is 0 Å². The lowest BCUT2D eigenvalue weighted by Gasteiger charge is -2.35. The number of carbonyl (C=O) groups is 3. The zero-order valence-electron chi connectivity index (χ0n) is 21.8. The normalized spacial score (nSPS) is 15.1. The molecule has 0 spiro atoms. The van der Waals surface area contributed by atoms with Crippen LogP contribution in [0.4, 0.5) is 4.79 Å². The van der Waals surface area contributed by atoms with Crippen LogP contribution in [0.15, 0.2) is 18.2 Å². The average molecular weight is 508 g/mol. The number of carbonyl (C=O) groups excluding carboxylic acids is 3. The van der Waals surface area contributed by atoms with Gasteiger partial charge in [0.15, 0.2) is 0 Å². The van der Waals surface area contributed by atoms with Crippen molar-refractivity contribution in [2.24, 2.45) is 0 Å². The molecule has 3 N–H and O–H groups in total. The highest BCUT2D eigenvalue weighted by atomic mass is 32.2. The van der Waals surface area contributed by atoms with Crippen molar-refractivity contribution in [2.45, 2.75) is 90.4 Å². The highest BCUT2D eigenvalue weighted by Gasteiger charge is 2.44. The number of unbranched alkanes of at least 4 members (excludes halogenated alkanes) is 1. The molecule has 9 heteroatoms. The summed E-state index contributed by atoms with van der Waals surface area (Å²) in [6.07, 6.45) is 5.06. The van der Waals surface area contributed by atoms with E-state index in [-0.39, 0.29) is 23.6 Å². The van der Waals surface area contributed by atoms with Gasteiger partial charge in [-0.3, -0.25) is 9.59 Å². The first kappa shape index (κ1) is 28.8. The molecule has 0 saturated heterocycles. The number of rotatable bonds is 12. The van der Waals surface area contributed by atoms with Gasteiger partial charge in [0.1, 0.15) is 23.4 Å². The number of ether oxygens (including phenoxy) is 1. The lowest BCUT2D eigenvalue weighted by molar-refractivity contribution is -0.143. The molecule has 0 aliphatic heterocycles. The van der Waals surface area contributed by atoms with Crippen LogP contribution in [0, 0.1) is 6.92 Å². The van der Waals surface area contributed by atoms with Crippen LogP contribution >= 0.6 is 11.8 Å². The van der Waals surface area contributed by atoms with E-state index in [9.17, 15) is 19.5 Å². The minimum Gasteiger partial charge on any atom is -0.508 e. The third kappa shape index (κ3) is 8.94. The fourth-order valence-electron chi connectivity index (χ4n) is 3.77. The van der Waals surface area contributed by atoms with Crippen molar-refractivity contribution in [1.29, 1.82) is 0 Å². The second-order valence-electron chi connectivity index (χ2n) is 10.1. The second-order valence-corrected chi connectivity index (χ2v) is 11.0. The van der Waals surface area contributed by atoms with Crippen molar-refractivity contribution in [1.82, 2.24) is 15.5 Å². The van der Waals surface area contributed by atoms with Gasteiger partial charge in [-0.15, -0.1) is 0 Å². The molecule has 0 radical (unpaired) electrons. The van der Waals surface area contributed by atoms with Crippen LogP contribution in [0.3, 0.4) is 0 Å². The van der Waals surface area contributed by atoms with Gasteiger partial charge in [-0.1, -0.05) is 19.4 Å². The first-order valence-electron chi connectivity index (χ1n) is 12.4. The van der Waals surface area contributed by atoms with Crippen molar-refractivity contribution in [3.8, 4) is 5.75 Å². The topological polar surface area (TPSA) is 108 Å². The minimum atomic E-state index is -0.858. The van der Waals surface area contributed by atoms with Crippen LogP contribution < -0.4 is 10.6 Å². The number of amides is 3. The van der Waals surface area contributed by atoms with E-state index in [4.69, 9.17) is 4.74 Å². The fourth-order valence-corrected chi connectivity index (χ4v) is 4.24. The van der Waals surface area contributed by atoms with Crippen LogP contribution in [0.1, 0.15) is 77.0 Å². The van der Waals surface area contributed by atoms with Gasteiger partial charge in [-0.2, -0.15) is 11.8 Å². The third-order valence-corrected chi connectivity index (χ3v) is 6.33. The van der Waals surface area contributed by atoms with E-state index < -0.39 is 23.8 Å². The van der Waals surface area contributed by atoms with Gasteiger partial charge in [0.05, 0.1) is 0 Å². The molecule has 35 heavy (non-hydrogen) atoms. The van der Waals surface area contributed by atoms with Gasteiger partial charge in [0.2, 0.25) is 11.8 Å². The highest BCUT2D eigenvalue weighted by molar-refractivity contribution is 7.98. The molecule has 8 nitrogen and oxygen atoms in total. The Kier molecular flexibility index (Phi) is 10.7. The number of hydrogen-bond acceptors (Lipinski definition) is 6. The molecule has 0 aromatic heterocycles. The maximum absolute atomic E-state index is 13.9. The van der Waals surface area contributed by atoms with Gasteiger partial charge in [0.25, 0.3) is 0 Å². The molecule has 0 heterocycles. The molecule has 1 saturated carbocycles. The van der Waals surface area contributed by atoms with E-state index in [1.54, 1.807) is 62.6 Å². The second kappa shape index (κ2) is 13.0. The number of alkyl carbamates (subject to hydrolysis) is 1. The first-order valence-corrected chi connectivity index (χ1v) is 13.8. The van der Waals surface area contributed by atoms with Crippen molar-refractivity contribution < 1.29 is 24.2 Å². The summed E-state index contributed by atoms with van der Waals surface area (Å²) in [6.45, 7) is 9.63. The number of nitrogens with zero attached hydrogens (tertiary/aromatic N) is 1. The lowest BCUT2D eigenvalue weighted by Crippen LogP contribution is -2.54. The summed E-state index contributed by atoms with van der Waals surface area (Å²) in [5.74, 6) is 0.238. The van der Waals surface area contributed by atoms with Crippen molar-refractivity contribution in [3.05, 3.63) is 29.3 Å². The largest absolute Gasteiger partial charge is 0.508 e. The Balaban J connectivity index is 2.41. The molecule has 2 unspecified atom stereocenters. The summed E-state index contributed by atoms with van der Waals surface area (Å²) in [5, 5.41) is 15.8. The average Bonchev–Trinajstić information content (AvgIpc) is 3.60. The summed E-state index contributed by atoms with van der Waals surface area (Å²) >= 11 is 1.58. The number of phenols is 1. The van der Waals surface area contributed by atoms with Crippen LogP contribution in [0.2, 0.25) is 0 Å². The van der Waals surface area contributed by atoms with E-state index in [1.165, 1.54) is 0 Å². The highest BCUT2D eigenvalue weighted by Crippen LogP contribution is 2.37. The zero-order chi connectivity index (χ0) is 26.2. The molecule has 0 bridgehead atoms. The summed E-state index contributed by atoms with van der Waals surface area (Å²) in [6, 6.07) is 3.23. The molecule has 1 aromatic rings. The summed E-state index contributed by atoms with van der Waals surface area (Å²) in [7, 11) is 0. The van der Waals surface area contributed by atoms with E-state index in [0.29, 0.717) is 29.8 Å². The Morgan fingerprint density at radius 2 is 1.94 bits per heavy atom. The van der Waals surface area contributed by atoms with Crippen molar-refractivity contribution in [3.63, 3.8) is 0 Å². The minimum absolute atomic E-state index is 0.0873. The summed E-state index contributed by atoms with van der Waals surface area (Å²) in [5.41, 5.74) is 0.567. The maximum atomic E-state index is 13.9. The Morgan fingerprint density at radius 3 is 2.49 bits per heavy atom. The molecular weight excluding hydrogens is 466 g/mol. The molecule has 1 aromatic carbocycles. The van der Waals surface area contributed by atoms with Gasteiger partial charge < -0.3 is 25.4 Å². The van der Waals surface area contributed by atoms with E-state index in [0.717, 1.165) is 25.7 Å². The molecule has 3 amide bonds. The van der Waals surface area contributed by atoms with Gasteiger partial charge >= 0.3 is 6.09 Å². The van der Waals surface area contributed by atoms with Crippen molar-refractivity contribution >= 4 is 29.7 Å². The molecule has 2 rings (SSSR count). The van der Waals surface area contributed by atoms with E-state index in [2.05, 4.69) is 10.6 Å². The molecule has 1 fully saturated rings. The molecule has 196 valence electrons. The maximum Gasteiger partial charge on any atom is 0.408 e. The van der Waals surface area contributed by atoms with Gasteiger partial charge in [0, 0.05) is 12.6 Å². The molecular formula is C26H41N3O5S. The molecule has 2 atom stereocenters. The number of aryl methyl sites for hydroxylation is 1. The summed E-state index contributed by atoms with van der Waals surface area (Å²) < 4.78 is 5.41. The standard InChI is InChI=1S/C26H41N3O5S/c1-7-8-14-27-23(31)22(18-9-12-21(30)17(2)16-18)29(19-10-11-19)24(32)20(13-15-35-6)28-25(33)34-26(3,4)5/h9,12,16,19-20,22,30H,7-8,10-11,13-15H2,1-6H3,(H,27,31)(H,28,33). The Bertz CT molecular complexity index is 882. The van der Waals surface area contributed by atoms with Crippen LogP contribution in [-0.4, -0.2) is 64.2 Å². The number of aromatic hydroxyl groups is 1. The van der Waals surface area contributed by atoms with E-state index in [1.807, 2.05) is 13.2 Å². The zero-order valence-corrected chi connectivity index (χ0v) is 22.7. The predicted molar refractivity (Wildman–Crippen MR) is 140 cm³/mol.